The van der Waals surface area contributed by atoms with Crippen LogP contribution in [0.2, 0.25) is 0 Å². The molecule has 0 unspecified atom stereocenters. The van der Waals surface area contributed by atoms with E-state index in [1.54, 1.807) is 0 Å². The van der Waals surface area contributed by atoms with Crippen LogP contribution < -0.4 is 5.32 Å². The van der Waals surface area contributed by atoms with E-state index in [0.717, 1.165) is 13.1 Å². The maximum Gasteiger partial charge on any atom is 0.303 e. The molecule has 0 aromatic carbocycles. The summed E-state index contributed by atoms with van der Waals surface area (Å²) >= 11 is 0. The molecule has 0 saturated carbocycles. The quantitative estimate of drug-likeness (QED) is 0.886. The van der Waals surface area contributed by atoms with Crippen molar-refractivity contribution in [3.63, 3.8) is 0 Å². The summed E-state index contributed by atoms with van der Waals surface area (Å²) in [5, 5.41) is 3.13. The summed E-state index contributed by atoms with van der Waals surface area (Å²) in [5.74, 6) is -3.85. The molecular weight excluding hydrogens is 314 g/mol. The summed E-state index contributed by atoms with van der Waals surface area (Å²) < 4.78 is 53.4. The van der Waals surface area contributed by atoms with Crippen LogP contribution in [0.5, 0.6) is 0 Å². The highest BCUT2D eigenvalue weighted by Crippen LogP contribution is 2.38. The maximum absolute atomic E-state index is 13.3. The van der Waals surface area contributed by atoms with E-state index in [1.807, 2.05) is 0 Å². The zero-order valence-electron chi connectivity index (χ0n) is 12.7. The van der Waals surface area contributed by atoms with Crippen molar-refractivity contribution in [2.75, 3.05) is 26.2 Å². The summed E-state index contributed by atoms with van der Waals surface area (Å²) in [6, 6.07) is 0. The average molecular weight is 332 g/mol. The molecule has 22 heavy (non-hydrogen) atoms. The van der Waals surface area contributed by atoms with Gasteiger partial charge in [0, 0.05) is 38.5 Å². The fraction of sp³-hybridized carbons (Fsp3) is 0.692. The van der Waals surface area contributed by atoms with Crippen LogP contribution in [0.4, 0.5) is 8.78 Å². The Hall–Kier alpha value is -1.19. The van der Waals surface area contributed by atoms with Gasteiger partial charge in [0.05, 0.1) is 11.4 Å². The molecule has 2 aliphatic rings. The maximum atomic E-state index is 13.3. The van der Waals surface area contributed by atoms with Crippen molar-refractivity contribution in [2.24, 2.45) is 5.41 Å². The number of alkyl halides is 2. The molecule has 1 N–H and O–H groups in total. The molecule has 3 rings (SSSR count). The molecule has 0 bridgehead atoms. The third-order valence-electron chi connectivity index (χ3n) is 4.22. The van der Waals surface area contributed by atoms with Crippen LogP contribution in [-0.4, -0.2) is 48.9 Å². The van der Waals surface area contributed by atoms with Crippen LogP contribution >= 0.6 is 0 Å². The Morgan fingerprint density at radius 2 is 1.68 bits per heavy atom. The monoisotopic (exact) mass is 332 g/mol. The molecule has 9 heteroatoms. The fourth-order valence-corrected chi connectivity index (χ4v) is 4.96. The molecule has 6 nitrogen and oxygen atoms in total. The highest BCUT2D eigenvalue weighted by atomic mass is 32.2. The predicted octanol–water partition coefficient (Wildman–Crippen LogP) is 0.799. The Morgan fingerprint density at radius 3 is 2.05 bits per heavy atom. The van der Waals surface area contributed by atoms with Crippen molar-refractivity contribution in [2.45, 2.75) is 31.6 Å². The lowest BCUT2D eigenvalue weighted by Gasteiger charge is -2.55. The number of hydrogen-bond donors (Lipinski definition) is 1. The molecule has 2 fully saturated rings. The van der Waals surface area contributed by atoms with E-state index in [1.165, 1.54) is 18.2 Å². The minimum absolute atomic E-state index is 0.0477. The number of halogens is 2. The smallest absolute Gasteiger partial charge is 0.303 e. The van der Waals surface area contributed by atoms with Gasteiger partial charge >= 0.3 is 5.92 Å². The highest BCUT2D eigenvalue weighted by molar-refractivity contribution is 7.89. The van der Waals surface area contributed by atoms with Crippen LogP contribution in [0.3, 0.4) is 0 Å². The van der Waals surface area contributed by atoms with Gasteiger partial charge in [-0.3, -0.25) is 0 Å². The molecule has 1 spiro atoms. The third-order valence-corrected chi connectivity index (χ3v) is 6.26. The van der Waals surface area contributed by atoms with Crippen LogP contribution in [0.25, 0.3) is 0 Å². The first-order valence-corrected chi connectivity index (χ1v) is 8.44. The molecule has 0 amide bonds. The first-order valence-electron chi connectivity index (χ1n) is 7.00. The summed E-state index contributed by atoms with van der Waals surface area (Å²) in [6.07, 6.45) is 0. The van der Waals surface area contributed by atoms with Gasteiger partial charge in [-0.15, -0.1) is 0 Å². The number of aromatic nitrogens is 2. The second-order valence-electron chi connectivity index (χ2n) is 6.31. The summed E-state index contributed by atoms with van der Waals surface area (Å²) in [6.45, 7) is 6.08. The molecule has 1 aromatic heterocycles. The molecule has 0 radical (unpaired) electrons. The zero-order chi connectivity index (χ0) is 16.3. The van der Waals surface area contributed by atoms with Gasteiger partial charge in [-0.1, -0.05) is 0 Å². The number of nitrogens with one attached hydrogen (secondary N) is 1. The lowest BCUT2D eigenvalue weighted by molar-refractivity contribution is 0.00694. The largest absolute Gasteiger partial charge is 0.315 e. The second-order valence-corrected chi connectivity index (χ2v) is 8.19. The van der Waals surface area contributed by atoms with E-state index in [-0.39, 0.29) is 21.7 Å². The first-order chi connectivity index (χ1) is 10.1. The van der Waals surface area contributed by atoms with Gasteiger partial charge in [0.15, 0.2) is 5.82 Å². The van der Waals surface area contributed by atoms with Gasteiger partial charge in [0.25, 0.3) is 0 Å². The Kier molecular flexibility index (Phi) is 3.32. The van der Waals surface area contributed by atoms with E-state index >= 15 is 0 Å². The standard InChI is InChI=1S/C13H18F2N4O2S/c1-8-10(9(2)18-11(17-8)12(3,14)15)22(20,21)19-6-13(7-19)4-16-5-13/h16H,4-7H2,1-3H3. The van der Waals surface area contributed by atoms with Gasteiger partial charge in [0.1, 0.15) is 4.90 Å². The number of nitrogens with zero attached hydrogens (tertiary/aromatic N) is 3. The van der Waals surface area contributed by atoms with E-state index in [9.17, 15) is 17.2 Å². The average Bonchev–Trinajstić information content (AvgIpc) is 2.21. The summed E-state index contributed by atoms with van der Waals surface area (Å²) in [4.78, 5) is 7.35. The minimum Gasteiger partial charge on any atom is -0.315 e. The minimum atomic E-state index is -3.74. The topological polar surface area (TPSA) is 75.2 Å². The van der Waals surface area contributed by atoms with Crippen LogP contribution in [0.15, 0.2) is 4.90 Å². The van der Waals surface area contributed by atoms with E-state index in [2.05, 4.69) is 15.3 Å². The Bertz CT molecular complexity index is 695. The van der Waals surface area contributed by atoms with Crippen LogP contribution in [0, 0.1) is 19.3 Å². The molecule has 3 heterocycles. The normalized spacial score (nSPS) is 21.5. The molecule has 1 aromatic rings. The lowest BCUT2D eigenvalue weighted by atomic mass is 9.76. The van der Waals surface area contributed by atoms with Gasteiger partial charge < -0.3 is 5.32 Å². The molecule has 122 valence electrons. The van der Waals surface area contributed by atoms with E-state index in [0.29, 0.717) is 20.0 Å². The SMILES string of the molecule is Cc1nc(C(C)(F)F)nc(C)c1S(=O)(=O)N1CC2(CNC2)C1. The predicted molar refractivity (Wildman–Crippen MR) is 75.1 cm³/mol. The fourth-order valence-electron chi connectivity index (χ4n) is 2.98. The Labute approximate surface area is 128 Å². The molecular formula is C13H18F2N4O2S. The summed E-state index contributed by atoms with van der Waals surface area (Å²) in [7, 11) is -3.74. The molecule has 2 aliphatic heterocycles. The number of sulfonamides is 1. The van der Waals surface area contributed by atoms with E-state index < -0.39 is 21.8 Å². The molecule has 0 atom stereocenters. The first kappa shape index (κ1) is 15.7. The number of hydrogen-bond acceptors (Lipinski definition) is 5. The van der Waals surface area contributed by atoms with E-state index in [4.69, 9.17) is 0 Å². The van der Waals surface area contributed by atoms with Crippen molar-refractivity contribution in [1.82, 2.24) is 19.6 Å². The highest BCUT2D eigenvalue weighted by Gasteiger charge is 2.52. The van der Waals surface area contributed by atoms with Crippen molar-refractivity contribution >= 4 is 10.0 Å². The summed E-state index contributed by atoms with van der Waals surface area (Å²) in [5.41, 5.74) is 0.181. The molecule has 2 saturated heterocycles. The molecule has 0 aliphatic carbocycles. The van der Waals surface area contributed by atoms with Gasteiger partial charge in [0.2, 0.25) is 10.0 Å². The number of rotatable bonds is 3. The van der Waals surface area contributed by atoms with Crippen molar-refractivity contribution in [1.29, 1.82) is 0 Å². The van der Waals surface area contributed by atoms with Crippen LogP contribution in [-0.2, 0) is 15.9 Å². The van der Waals surface area contributed by atoms with Gasteiger partial charge in [-0.05, 0) is 13.8 Å². The Balaban J connectivity index is 1.94. The zero-order valence-corrected chi connectivity index (χ0v) is 13.5. The Morgan fingerprint density at radius 1 is 1.18 bits per heavy atom. The lowest BCUT2D eigenvalue weighted by Crippen LogP contribution is -2.71. The van der Waals surface area contributed by atoms with Crippen LogP contribution in [0.1, 0.15) is 24.1 Å². The second kappa shape index (κ2) is 4.65. The number of aryl methyl sites for hydroxylation is 2. The third kappa shape index (κ3) is 2.31. The van der Waals surface area contributed by atoms with Crippen molar-refractivity contribution < 1.29 is 17.2 Å². The van der Waals surface area contributed by atoms with Crippen molar-refractivity contribution in [3.8, 4) is 0 Å². The van der Waals surface area contributed by atoms with Crippen molar-refractivity contribution in [3.05, 3.63) is 17.2 Å². The van der Waals surface area contributed by atoms with Gasteiger partial charge in [-0.25, -0.2) is 18.4 Å². The van der Waals surface area contributed by atoms with Gasteiger partial charge in [-0.2, -0.15) is 13.1 Å².